The molecule has 1 aliphatic carbocycles. The van der Waals surface area contributed by atoms with Gasteiger partial charge in [-0.05, 0) is 43.5 Å². The Morgan fingerprint density at radius 3 is 2.80 bits per heavy atom. The highest BCUT2D eigenvalue weighted by atomic mass is 16.1. The van der Waals surface area contributed by atoms with Gasteiger partial charge in [-0.15, -0.1) is 0 Å². The zero-order valence-electron chi connectivity index (χ0n) is 12.5. The number of amides is 1. The predicted molar refractivity (Wildman–Crippen MR) is 83.6 cm³/mol. The monoisotopic (exact) mass is 274 g/mol. The topological polar surface area (TPSA) is 41.1 Å². The van der Waals surface area contributed by atoms with Gasteiger partial charge in [0.2, 0.25) is 5.91 Å². The summed E-state index contributed by atoms with van der Waals surface area (Å²) in [4.78, 5) is 12.2. The van der Waals surface area contributed by atoms with Crippen molar-refractivity contribution < 1.29 is 4.79 Å². The lowest BCUT2D eigenvalue weighted by atomic mass is 9.88. The second-order valence-electron chi connectivity index (χ2n) is 5.70. The van der Waals surface area contributed by atoms with Gasteiger partial charge in [0.05, 0.1) is 0 Å². The van der Waals surface area contributed by atoms with Crippen LogP contribution in [0.5, 0.6) is 0 Å². The lowest BCUT2D eigenvalue weighted by Crippen LogP contribution is -2.24. The zero-order valence-corrected chi connectivity index (χ0v) is 12.5. The second-order valence-corrected chi connectivity index (χ2v) is 5.70. The van der Waals surface area contributed by atoms with Crippen molar-refractivity contribution in [2.45, 2.75) is 52.0 Å². The van der Waals surface area contributed by atoms with E-state index >= 15 is 0 Å². The third-order valence-electron chi connectivity index (χ3n) is 3.93. The SMILES string of the molecule is CCCNCc1cccc(NC(=O)C2CCCCC2)c1. The Labute approximate surface area is 122 Å². The first-order valence-corrected chi connectivity index (χ1v) is 7.90. The van der Waals surface area contributed by atoms with E-state index in [-0.39, 0.29) is 11.8 Å². The number of rotatable bonds is 6. The van der Waals surface area contributed by atoms with E-state index in [2.05, 4.69) is 29.7 Å². The highest BCUT2D eigenvalue weighted by molar-refractivity contribution is 5.92. The van der Waals surface area contributed by atoms with Crippen LogP contribution in [0.3, 0.4) is 0 Å². The Hall–Kier alpha value is -1.35. The van der Waals surface area contributed by atoms with Crippen LogP contribution in [-0.2, 0) is 11.3 Å². The summed E-state index contributed by atoms with van der Waals surface area (Å²) in [5.41, 5.74) is 2.15. The van der Waals surface area contributed by atoms with Crippen LogP contribution in [-0.4, -0.2) is 12.5 Å². The van der Waals surface area contributed by atoms with Crippen LogP contribution in [0.2, 0.25) is 0 Å². The normalized spacial score (nSPS) is 16.1. The molecule has 2 N–H and O–H groups in total. The van der Waals surface area contributed by atoms with Crippen LogP contribution in [0.4, 0.5) is 5.69 Å². The molecule has 0 bridgehead atoms. The standard InChI is InChI=1S/C17H26N2O/c1-2-11-18-13-14-7-6-10-16(12-14)19-17(20)15-8-4-3-5-9-15/h6-7,10,12,15,18H,2-5,8-9,11,13H2,1H3,(H,19,20). The fourth-order valence-electron chi connectivity index (χ4n) is 2.78. The molecule has 0 atom stereocenters. The largest absolute Gasteiger partial charge is 0.326 e. The Kier molecular flexibility index (Phi) is 6.06. The first kappa shape index (κ1) is 15.0. The third kappa shape index (κ3) is 4.64. The van der Waals surface area contributed by atoms with Crippen LogP contribution in [0.1, 0.15) is 51.0 Å². The van der Waals surface area contributed by atoms with Gasteiger partial charge in [-0.1, -0.05) is 38.3 Å². The van der Waals surface area contributed by atoms with Gasteiger partial charge < -0.3 is 10.6 Å². The van der Waals surface area contributed by atoms with Crippen molar-refractivity contribution in [2.75, 3.05) is 11.9 Å². The van der Waals surface area contributed by atoms with E-state index in [0.717, 1.165) is 38.0 Å². The molecule has 2 rings (SSSR count). The fraction of sp³-hybridized carbons (Fsp3) is 0.588. The lowest BCUT2D eigenvalue weighted by Gasteiger charge is -2.20. The molecule has 20 heavy (non-hydrogen) atoms. The summed E-state index contributed by atoms with van der Waals surface area (Å²) in [5.74, 6) is 0.411. The number of nitrogens with one attached hydrogen (secondary N) is 2. The van der Waals surface area contributed by atoms with E-state index in [9.17, 15) is 4.79 Å². The molecule has 1 saturated carbocycles. The van der Waals surface area contributed by atoms with E-state index in [0.29, 0.717) is 0 Å². The fourth-order valence-corrected chi connectivity index (χ4v) is 2.78. The van der Waals surface area contributed by atoms with Crippen molar-refractivity contribution in [1.82, 2.24) is 5.32 Å². The smallest absolute Gasteiger partial charge is 0.227 e. The molecule has 1 aromatic rings. The van der Waals surface area contributed by atoms with Crippen LogP contribution < -0.4 is 10.6 Å². The number of anilines is 1. The van der Waals surface area contributed by atoms with Gasteiger partial charge in [0, 0.05) is 18.2 Å². The molecule has 0 aliphatic heterocycles. The molecular formula is C17H26N2O. The minimum absolute atomic E-state index is 0.198. The van der Waals surface area contributed by atoms with E-state index in [1.165, 1.54) is 24.8 Å². The molecule has 3 nitrogen and oxygen atoms in total. The zero-order chi connectivity index (χ0) is 14.2. The lowest BCUT2D eigenvalue weighted by molar-refractivity contribution is -0.120. The van der Waals surface area contributed by atoms with Gasteiger partial charge in [-0.25, -0.2) is 0 Å². The van der Waals surface area contributed by atoms with Gasteiger partial charge in [-0.3, -0.25) is 4.79 Å². The van der Waals surface area contributed by atoms with Crippen molar-refractivity contribution in [3.63, 3.8) is 0 Å². The Balaban J connectivity index is 1.88. The quantitative estimate of drug-likeness (QED) is 0.777. The summed E-state index contributed by atoms with van der Waals surface area (Å²) in [7, 11) is 0. The molecule has 110 valence electrons. The predicted octanol–water partition coefficient (Wildman–Crippen LogP) is 3.71. The summed E-state index contributed by atoms with van der Waals surface area (Å²) in [6.45, 7) is 4.05. The molecule has 3 heteroatoms. The van der Waals surface area contributed by atoms with Gasteiger partial charge in [0.1, 0.15) is 0 Å². The number of hydrogen-bond donors (Lipinski definition) is 2. The van der Waals surface area contributed by atoms with Crippen molar-refractivity contribution in [1.29, 1.82) is 0 Å². The van der Waals surface area contributed by atoms with Crippen molar-refractivity contribution >= 4 is 11.6 Å². The molecule has 0 saturated heterocycles. The molecule has 1 aromatic carbocycles. The maximum absolute atomic E-state index is 12.2. The van der Waals surface area contributed by atoms with Crippen molar-refractivity contribution in [3.05, 3.63) is 29.8 Å². The van der Waals surface area contributed by atoms with Gasteiger partial charge in [0.15, 0.2) is 0 Å². The molecular weight excluding hydrogens is 248 g/mol. The van der Waals surface area contributed by atoms with E-state index in [4.69, 9.17) is 0 Å². The molecule has 1 aliphatic rings. The summed E-state index contributed by atoms with van der Waals surface area (Å²) < 4.78 is 0. The molecule has 0 radical (unpaired) electrons. The Morgan fingerprint density at radius 1 is 1.25 bits per heavy atom. The minimum Gasteiger partial charge on any atom is -0.326 e. The summed E-state index contributed by atoms with van der Waals surface area (Å²) in [6.07, 6.45) is 6.89. The van der Waals surface area contributed by atoms with Gasteiger partial charge in [0.25, 0.3) is 0 Å². The molecule has 0 unspecified atom stereocenters. The number of carbonyl (C=O) groups is 1. The van der Waals surface area contributed by atoms with Crippen molar-refractivity contribution in [3.8, 4) is 0 Å². The Bertz CT molecular complexity index is 425. The molecule has 1 fully saturated rings. The van der Waals surface area contributed by atoms with Crippen LogP contribution >= 0.6 is 0 Å². The van der Waals surface area contributed by atoms with Crippen LogP contribution in [0.15, 0.2) is 24.3 Å². The maximum atomic E-state index is 12.2. The molecule has 1 amide bonds. The number of hydrogen-bond acceptors (Lipinski definition) is 2. The molecule has 0 heterocycles. The average Bonchev–Trinajstić information content (AvgIpc) is 2.49. The van der Waals surface area contributed by atoms with E-state index < -0.39 is 0 Å². The third-order valence-corrected chi connectivity index (χ3v) is 3.93. The number of carbonyl (C=O) groups excluding carboxylic acids is 1. The van der Waals surface area contributed by atoms with E-state index in [1.807, 2.05) is 12.1 Å². The Morgan fingerprint density at radius 2 is 2.05 bits per heavy atom. The summed E-state index contributed by atoms with van der Waals surface area (Å²) in [6, 6.07) is 8.16. The van der Waals surface area contributed by atoms with Crippen LogP contribution in [0, 0.1) is 5.92 Å². The number of benzene rings is 1. The average molecular weight is 274 g/mol. The maximum Gasteiger partial charge on any atom is 0.227 e. The van der Waals surface area contributed by atoms with Gasteiger partial charge >= 0.3 is 0 Å². The molecule has 0 aromatic heterocycles. The minimum atomic E-state index is 0.198. The van der Waals surface area contributed by atoms with Gasteiger partial charge in [-0.2, -0.15) is 0 Å². The van der Waals surface area contributed by atoms with E-state index in [1.54, 1.807) is 0 Å². The van der Waals surface area contributed by atoms with Crippen molar-refractivity contribution in [2.24, 2.45) is 5.92 Å². The second kappa shape index (κ2) is 8.05. The molecule has 0 spiro atoms. The first-order chi connectivity index (χ1) is 9.79. The summed E-state index contributed by atoms with van der Waals surface area (Å²) in [5, 5.41) is 6.46. The highest BCUT2D eigenvalue weighted by Gasteiger charge is 2.20. The van der Waals surface area contributed by atoms with Crippen LogP contribution in [0.25, 0.3) is 0 Å². The highest BCUT2D eigenvalue weighted by Crippen LogP contribution is 2.25. The summed E-state index contributed by atoms with van der Waals surface area (Å²) >= 11 is 0. The first-order valence-electron chi connectivity index (χ1n) is 7.90.